The van der Waals surface area contributed by atoms with Crippen LogP contribution >= 0.6 is 11.6 Å². The molecule has 334 valence electrons. The number of carbonyl (C=O) groups excluding carboxylic acids is 6. The van der Waals surface area contributed by atoms with E-state index >= 15 is 0 Å². The van der Waals surface area contributed by atoms with Gasteiger partial charge in [0, 0.05) is 79.9 Å². The number of hydrogen-bond acceptors (Lipinski definition) is 9. The van der Waals surface area contributed by atoms with Crippen molar-refractivity contribution in [2.24, 2.45) is 23.5 Å². The number of carbonyl (C=O) groups is 6. The Morgan fingerprint density at radius 2 is 1.40 bits per heavy atom. The first kappa shape index (κ1) is 48.2. The Balaban J connectivity index is 1.53. The lowest BCUT2D eigenvalue weighted by atomic mass is 9.87. The van der Waals surface area contributed by atoms with Gasteiger partial charge in [0.15, 0.2) is 17.3 Å². The van der Waals surface area contributed by atoms with Crippen LogP contribution in [-0.4, -0.2) is 92.8 Å². The summed E-state index contributed by atoms with van der Waals surface area (Å²) in [4.78, 5) is 86.8. The van der Waals surface area contributed by atoms with Crippen molar-refractivity contribution in [3.63, 3.8) is 0 Å². The van der Waals surface area contributed by atoms with E-state index in [9.17, 15) is 28.8 Å². The Morgan fingerprint density at radius 3 is 2.00 bits per heavy atom. The van der Waals surface area contributed by atoms with Gasteiger partial charge in [-0.25, -0.2) is 0 Å². The van der Waals surface area contributed by atoms with Crippen molar-refractivity contribution in [3.05, 3.63) is 107 Å². The quantitative estimate of drug-likeness (QED) is 0.0855. The number of rotatable bonds is 16. The summed E-state index contributed by atoms with van der Waals surface area (Å²) in [6.07, 6.45) is 1.24. The van der Waals surface area contributed by atoms with E-state index < -0.39 is 47.4 Å². The molecule has 4 aromatic carbocycles. The van der Waals surface area contributed by atoms with E-state index in [0.29, 0.717) is 70.1 Å². The van der Waals surface area contributed by atoms with Crippen LogP contribution in [-0.2, 0) is 30.4 Å². The molecule has 0 unspecified atom stereocenters. The second kappa shape index (κ2) is 22.0. The van der Waals surface area contributed by atoms with Gasteiger partial charge in [-0.15, -0.1) is 0 Å². The van der Waals surface area contributed by atoms with Crippen LogP contribution < -0.4 is 20.5 Å². The first-order chi connectivity index (χ1) is 30.1. The minimum Gasteiger partial charge on any atom is -0.496 e. The smallest absolute Gasteiger partial charge is 0.226 e. The number of methoxy groups -OCH3 is 2. The third-order valence-corrected chi connectivity index (χ3v) is 12.0. The largest absolute Gasteiger partial charge is 0.496 e. The Kier molecular flexibility index (Phi) is 16.8. The van der Waals surface area contributed by atoms with E-state index in [1.165, 1.54) is 24.0 Å². The molecule has 12 nitrogen and oxygen atoms in total. The van der Waals surface area contributed by atoms with E-state index in [0.717, 1.165) is 11.1 Å². The minimum atomic E-state index is -1.17. The maximum absolute atomic E-state index is 14.8. The van der Waals surface area contributed by atoms with E-state index in [1.807, 2.05) is 36.4 Å². The average molecular weight is 879 g/mol. The van der Waals surface area contributed by atoms with Crippen LogP contribution in [0.15, 0.2) is 84.9 Å². The predicted molar refractivity (Wildman–Crippen MR) is 245 cm³/mol. The molecule has 0 saturated heterocycles. The van der Waals surface area contributed by atoms with Crippen molar-refractivity contribution >= 4 is 46.7 Å². The Labute approximate surface area is 375 Å². The van der Waals surface area contributed by atoms with Crippen molar-refractivity contribution in [2.75, 3.05) is 41.9 Å². The number of ketones is 3. The summed E-state index contributed by atoms with van der Waals surface area (Å²) in [6.45, 7) is 3.69. The van der Waals surface area contributed by atoms with Crippen LogP contribution in [0.3, 0.4) is 0 Å². The summed E-state index contributed by atoms with van der Waals surface area (Å²) in [7, 11) is 7.86. The van der Waals surface area contributed by atoms with E-state index in [-0.39, 0.29) is 43.2 Å². The summed E-state index contributed by atoms with van der Waals surface area (Å²) in [5.74, 6) is -3.45. The summed E-state index contributed by atoms with van der Waals surface area (Å²) >= 11 is 6.08. The molecule has 0 fully saturated rings. The fraction of sp³-hybridized carbons (Fsp3) is 0.400. The third-order valence-electron chi connectivity index (χ3n) is 11.8. The molecule has 1 aliphatic rings. The zero-order valence-electron chi connectivity index (χ0n) is 37.2. The second-order valence-corrected chi connectivity index (χ2v) is 17.1. The molecule has 3 amide bonds. The number of nitrogens with zero attached hydrogens (tertiary/aromatic N) is 2. The lowest BCUT2D eigenvalue weighted by Crippen LogP contribution is -2.46. The van der Waals surface area contributed by atoms with Crippen LogP contribution in [0.5, 0.6) is 11.5 Å². The van der Waals surface area contributed by atoms with Crippen molar-refractivity contribution in [2.45, 2.75) is 70.9 Å². The van der Waals surface area contributed by atoms with Gasteiger partial charge in [0.05, 0.1) is 20.3 Å². The maximum atomic E-state index is 14.8. The van der Waals surface area contributed by atoms with Crippen LogP contribution in [0.25, 0.3) is 22.3 Å². The molecule has 4 aromatic rings. The van der Waals surface area contributed by atoms with Crippen LogP contribution in [0.2, 0.25) is 5.02 Å². The summed E-state index contributed by atoms with van der Waals surface area (Å²) < 4.78 is 11.6. The first-order valence-corrected chi connectivity index (χ1v) is 21.7. The molecule has 1 heterocycles. The zero-order valence-corrected chi connectivity index (χ0v) is 38.0. The van der Waals surface area contributed by atoms with Crippen molar-refractivity contribution in [3.8, 4) is 33.8 Å². The van der Waals surface area contributed by atoms with Crippen molar-refractivity contribution in [1.82, 2.24) is 15.1 Å². The van der Waals surface area contributed by atoms with E-state index in [1.54, 1.807) is 83.5 Å². The molecule has 0 spiro atoms. The number of unbranched alkanes of at least 4 members (excludes halogenated alkanes) is 1. The maximum Gasteiger partial charge on any atom is 0.226 e. The second-order valence-electron chi connectivity index (χ2n) is 16.7. The molecular weight excluding hydrogens is 820 g/mol. The Bertz CT molecular complexity index is 2290. The van der Waals surface area contributed by atoms with Crippen molar-refractivity contribution in [1.29, 1.82) is 0 Å². The van der Waals surface area contributed by atoms with Crippen LogP contribution in [0.4, 0.5) is 0 Å². The monoisotopic (exact) mass is 878 g/mol. The fourth-order valence-corrected chi connectivity index (χ4v) is 8.32. The number of nitrogens with two attached hydrogens (primary N) is 1. The Morgan fingerprint density at radius 1 is 0.794 bits per heavy atom. The number of nitrogens with one attached hydrogen (secondary N) is 1. The average Bonchev–Trinajstić information content (AvgIpc) is 3.27. The predicted octanol–water partition coefficient (Wildman–Crippen LogP) is 7.53. The summed E-state index contributed by atoms with van der Waals surface area (Å²) in [6, 6.07) is 23.1. The standard InChI is InChI=1S/C50H59ClN4O8/c1-30-24-44(58)47(55(5)50(61)37(10-8-9-23-52)29-42(56)35-14-12-33(13-15-35)34-16-19-38(51)20-17-34)36-18-22-46(63-7)40(28-36)39-26-32(11-21-45(39)62-6)27-41(53-48(30)59)43(57)25-31(2)49(60)54(3)4/h11-22,26,28,30-31,37,41,47H,8-10,23-25,27,29,52H2,1-7H3,(H,53,59)/t30-,31-,37-,41+,47+/m1/s1. The number of amides is 3. The zero-order chi connectivity index (χ0) is 46.0. The number of fused-ring (bicyclic) bond motifs is 5. The van der Waals surface area contributed by atoms with Gasteiger partial charge < -0.3 is 30.3 Å². The molecule has 5 rings (SSSR count). The summed E-state index contributed by atoms with van der Waals surface area (Å²) in [5.41, 5.74) is 10.5. The molecule has 3 N–H and O–H groups in total. The summed E-state index contributed by atoms with van der Waals surface area (Å²) in [5, 5.41) is 3.51. The lowest BCUT2D eigenvalue weighted by Gasteiger charge is -2.32. The first-order valence-electron chi connectivity index (χ1n) is 21.3. The molecule has 4 bridgehead atoms. The van der Waals surface area contributed by atoms with Gasteiger partial charge in [-0.1, -0.05) is 80.4 Å². The molecule has 63 heavy (non-hydrogen) atoms. The molecule has 0 aromatic heterocycles. The van der Waals surface area contributed by atoms with Gasteiger partial charge in [-0.3, -0.25) is 28.8 Å². The van der Waals surface area contributed by atoms with E-state index in [2.05, 4.69) is 5.32 Å². The Hall–Kier alpha value is -5.85. The molecule has 1 aliphatic heterocycles. The normalized spacial score (nSPS) is 17.4. The highest BCUT2D eigenvalue weighted by Crippen LogP contribution is 2.40. The highest BCUT2D eigenvalue weighted by Gasteiger charge is 2.36. The van der Waals surface area contributed by atoms with Gasteiger partial charge in [-0.05, 0) is 84.5 Å². The molecule has 13 heteroatoms. The number of halogens is 1. The van der Waals surface area contributed by atoms with Crippen LogP contribution in [0.1, 0.15) is 79.9 Å². The molecule has 0 radical (unpaired) electrons. The van der Waals surface area contributed by atoms with E-state index in [4.69, 9.17) is 26.8 Å². The van der Waals surface area contributed by atoms with Crippen molar-refractivity contribution < 1.29 is 38.2 Å². The van der Waals surface area contributed by atoms with Gasteiger partial charge >= 0.3 is 0 Å². The van der Waals surface area contributed by atoms with Gasteiger partial charge in [0.1, 0.15) is 17.5 Å². The lowest BCUT2D eigenvalue weighted by molar-refractivity contribution is -0.142. The van der Waals surface area contributed by atoms with Gasteiger partial charge in [0.2, 0.25) is 17.7 Å². The highest BCUT2D eigenvalue weighted by atomic mass is 35.5. The third kappa shape index (κ3) is 12.0. The fourth-order valence-electron chi connectivity index (χ4n) is 8.19. The highest BCUT2D eigenvalue weighted by molar-refractivity contribution is 6.30. The molecule has 0 aliphatic carbocycles. The number of likely N-dealkylation sites (N-methyl/N-ethyl adjacent to an activating group) is 1. The van der Waals surface area contributed by atoms with Gasteiger partial charge in [-0.2, -0.15) is 0 Å². The number of Topliss-reactive ketones (excluding diaryl/α,β-unsaturated/α-hetero) is 3. The number of hydrogen-bond donors (Lipinski definition) is 2. The molecule has 0 saturated carbocycles. The topological polar surface area (TPSA) is 165 Å². The number of benzene rings is 4. The molecular formula is C50H59ClN4O8. The minimum absolute atomic E-state index is 0.0974. The van der Waals surface area contributed by atoms with Crippen LogP contribution in [0, 0.1) is 17.8 Å². The SMILES string of the molecule is COc1ccc2cc1-c1cc(ccc1OC)[C@H](N(C)C(=O)[C@H](CCCCN)CC(=O)c1ccc(-c3ccc(Cl)cc3)cc1)C(=O)C[C@@H](C)C(=O)N[C@H](C(=O)C[C@@H](C)C(=O)N(C)C)C2. The number of ether oxygens (including phenoxy) is 2. The van der Waals surface area contributed by atoms with Gasteiger partial charge in [0.25, 0.3) is 0 Å². The molecule has 5 atom stereocenters.